The number of carbonyl (C=O) groups excluding carboxylic acids is 1. The lowest BCUT2D eigenvalue weighted by Gasteiger charge is -2.26. The molecule has 5 nitrogen and oxygen atoms in total. The van der Waals surface area contributed by atoms with Gasteiger partial charge in [-0.05, 0) is 19.3 Å². The van der Waals surface area contributed by atoms with Crippen LogP contribution in [0.2, 0.25) is 0 Å². The van der Waals surface area contributed by atoms with E-state index in [0.29, 0.717) is 0 Å². The number of methoxy groups -OCH3 is 1. The summed E-state index contributed by atoms with van der Waals surface area (Å²) in [7, 11) is 1.52. The van der Waals surface area contributed by atoms with Crippen LogP contribution < -0.4 is 11.1 Å². The van der Waals surface area contributed by atoms with Crippen molar-refractivity contribution in [1.29, 1.82) is 0 Å². The van der Waals surface area contributed by atoms with E-state index >= 15 is 0 Å². The van der Waals surface area contributed by atoms with Gasteiger partial charge >= 0.3 is 0 Å². The van der Waals surface area contributed by atoms with Crippen molar-refractivity contribution in [2.75, 3.05) is 20.3 Å². The molecule has 0 spiro atoms. The quantitative estimate of drug-likeness (QED) is 0.601. The summed E-state index contributed by atoms with van der Waals surface area (Å²) in [5.41, 5.74) is 5.82. The van der Waals surface area contributed by atoms with E-state index in [1.54, 1.807) is 0 Å². The van der Waals surface area contributed by atoms with Crippen molar-refractivity contribution in [3.63, 3.8) is 0 Å². The van der Waals surface area contributed by atoms with E-state index in [1.807, 2.05) is 0 Å². The lowest BCUT2D eigenvalue weighted by molar-refractivity contribution is -0.126. The molecule has 1 aliphatic rings. The van der Waals surface area contributed by atoms with Crippen molar-refractivity contribution >= 4 is 5.91 Å². The SMILES string of the molecule is COCC(O)CNC(=O)C1CCCC(N)C1. The summed E-state index contributed by atoms with van der Waals surface area (Å²) in [6.07, 6.45) is 3.05. The Labute approximate surface area is 96.3 Å². The van der Waals surface area contributed by atoms with E-state index in [2.05, 4.69) is 5.32 Å². The van der Waals surface area contributed by atoms with Crippen molar-refractivity contribution < 1.29 is 14.6 Å². The van der Waals surface area contributed by atoms with Crippen LogP contribution in [0.25, 0.3) is 0 Å². The maximum atomic E-state index is 11.7. The first-order valence-electron chi connectivity index (χ1n) is 5.83. The summed E-state index contributed by atoms with van der Waals surface area (Å²) in [4.78, 5) is 11.7. The largest absolute Gasteiger partial charge is 0.389 e. The molecule has 3 unspecified atom stereocenters. The molecule has 4 N–H and O–H groups in total. The van der Waals surface area contributed by atoms with E-state index in [4.69, 9.17) is 10.5 Å². The molecule has 0 bridgehead atoms. The Kier molecular flexibility index (Phi) is 5.73. The number of aliphatic hydroxyl groups excluding tert-OH is 1. The third-order valence-corrected chi connectivity index (χ3v) is 2.96. The number of nitrogens with one attached hydrogen (secondary N) is 1. The molecule has 3 atom stereocenters. The zero-order chi connectivity index (χ0) is 12.0. The number of nitrogens with two attached hydrogens (primary N) is 1. The van der Waals surface area contributed by atoms with Gasteiger partial charge in [0.2, 0.25) is 5.91 Å². The van der Waals surface area contributed by atoms with Crippen LogP contribution >= 0.6 is 0 Å². The zero-order valence-electron chi connectivity index (χ0n) is 9.82. The first-order chi connectivity index (χ1) is 7.63. The minimum Gasteiger partial charge on any atom is -0.389 e. The topological polar surface area (TPSA) is 84.6 Å². The number of carbonyl (C=O) groups is 1. The first kappa shape index (κ1) is 13.4. The van der Waals surface area contributed by atoms with Crippen LogP contribution in [-0.2, 0) is 9.53 Å². The van der Waals surface area contributed by atoms with Crippen LogP contribution in [0.5, 0.6) is 0 Å². The maximum absolute atomic E-state index is 11.7. The molecular weight excluding hydrogens is 208 g/mol. The molecule has 0 aromatic carbocycles. The standard InChI is InChI=1S/C11H22N2O3/c1-16-7-10(14)6-13-11(15)8-3-2-4-9(12)5-8/h8-10,14H,2-7,12H2,1H3,(H,13,15). The smallest absolute Gasteiger partial charge is 0.223 e. The maximum Gasteiger partial charge on any atom is 0.223 e. The molecule has 1 fully saturated rings. The fourth-order valence-corrected chi connectivity index (χ4v) is 2.08. The van der Waals surface area contributed by atoms with Gasteiger partial charge in [-0.15, -0.1) is 0 Å². The molecule has 0 heterocycles. The Morgan fingerprint density at radius 3 is 3.00 bits per heavy atom. The minimum atomic E-state index is -0.633. The van der Waals surface area contributed by atoms with E-state index < -0.39 is 6.10 Å². The average Bonchev–Trinajstić information content (AvgIpc) is 2.26. The van der Waals surface area contributed by atoms with Crippen LogP contribution in [0, 0.1) is 5.92 Å². The average molecular weight is 230 g/mol. The minimum absolute atomic E-state index is 0.00491. The summed E-state index contributed by atoms with van der Waals surface area (Å²) in [6.45, 7) is 0.489. The normalized spacial score (nSPS) is 27.4. The summed E-state index contributed by atoms with van der Waals surface area (Å²) >= 11 is 0. The van der Waals surface area contributed by atoms with Crippen LogP contribution in [-0.4, -0.2) is 43.4 Å². The molecule has 5 heteroatoms. The Balaban J connectivity index is 2.23. The van der Waals surface area contributed by atoms with Crippen LogP contribution in [0.4, 0.5) is 0 Å². The highest BCUT2D eigenvalue weighted by Crippen LogP contribution is 2.22. The lowest BCUT2D eigenvalue weighted by Crippen LogP contribution is -2.41. The van der Waals surface area contributed by atoms with Gasteiger partial charge in [0.05, 0.1) is 12.7 Å². The second kappa shape index (κ2) is 6.83. The van der Waals surface area contributed by atoms with Gasteiger partial charge in [-0.1, -0.05) is 6.42 Å². The molecule has 94 valence electrons. The summed E-state index contributed by atoms with van der Waals surface area (Å²) in [5.74, 6) is 0.0174. The van der Waals surface area contributed by atoms with Gasteiger partial charge in [0, 0.05) is 25.6 Å². The second-order valence-electron chi connectivity index (χ2n) is 4.48. The van der Waals surface area contributed by atoms with E-state index in [1.165, 1.54) is 7.11 Å². The van der Waals surface area contributed by atoms with Gasteiger partial charge in [0.25, 0.3) is 0 Å². The van der Waals surface area contributed by atoms with Gasteiger partial charge in [-0.2, -0.15) is 0 Å². The van der Waals surface area contributed by atoms with E-state index in [0.717, 1.165) is 25.7 Å². The van der Waals surface area contributed by atoms with Crippen molar-refractivity contribution in [1.82, 2.24) is 5.32 Å². The highest BCUT2D eigenvalue weighted by molar-refractivity contribution is 5.78. The second-order valence-corrected chi connectivity index (χ2v) is 4.48. The number of hydrogen-bond acceptors (Lipinski definition) is 4. The fourth-order valence-electron chi connectivity index (χ4n) is 2.08. The molecular formula is C11H22N2O3. The van der Waals surface area contributed by atoms with Gasteiger partial charge in [-0.25, -0.2) is 0 Å². The highest BCUT2D eigenvalue weighted by atomic mass is 16.5. The van der Waals surface area contributed by atoms with Crippen molar-refractivity contribution in [2.24, 2.45) is 11.7 Å². The monoisotopic (exact) mass is 230 g/mol. The summed E-state index contributed by atoms with van der Waals surface area (Å²) in [5, 5.41) is 12.1. The van der Waals surface area contributed by atoms with Crippen LogP contribution in [0.15, 0.2) is 0 Å². The molecule has 0 aliphatic heterocycles. The molecule has 0 saturated heterocycles. The number of rotatable bonds is 5. The van der Waals surface area contributed by atoms with Crippen molar-refractivity contribution in [3.05, 3.63) is 0 Å². The molecule has 0 radical (unpaired) electrons. The Bertz CT molecular complexity index is 223. The third kappa shape index (κ3) is 4.47. The molecule has 1 aliphatic carbocycles. The number of hydrogen-bond donors (Lipinski definition) is 3. The molecule has 1 rings (SSSR count). The molecule has 1 saturated carbocycles. The first-order valence-corrected chi connectivity index (χ1v) is 5.83. The number of amides is 1. The van der Waals surface area contributed by atoms with Gasteiger partial charge in [-0.3, -0.25) is 4.79 Å². The molecule has 1 amide bonds. The Morgan fingerprint density at radius 1 is 1.62 bits per heavy atom. The molecule has 16 heavy (non-hydrogen) atoms. The zero-order valence-corrected chi connectivity index (χ0v) is 9.82. The number of aliphatic hydroxyl groups is 1. The summed E-state index contributed by atoms with van der Waals surface area (Å²) < 4.78 is 4.78. The van der Waals surface area contributed by atoms with Crippen LogP contribution in [0.1, 0.15) is 25.7 Å². The Morgan fingerprint density at radius 2 is 2.38 bits per heavy atom. The lowest BCUT2D eigenvalue weighted by atomic mass is 9.85. The molecule has 0 aromatic heterocycles. The number of ether oxygens (including phenoxy) is 1. The van der Waals surface area contributed by atoms with Crippen molar-refractivity contribution in [3.8, 4) is 0 Å². The predicted molar refractivity (Wildman–Crippen MR) is 60.8 cm³/mol. The predicted octanol–water partition coefficient (Wildman–Crippen LogP) is -0.373. The molecule has 0 aromatic rings. The van der Waals surface area contributed by atoms with E-state index in [9.17, 15) is 9.90 Å². The van der Waals surface area contributed by atoms with Gasteiger partial charge in [0.15, 0.2) is 0 Å². The van der Waals surface area contributed by atoms with E-state index in [-0.39, 0.29) is 31.0 Å². The van der Waals surface area contributed by atoms with Gasteiger partial charge in [0.1, 0.15) is 0 Å². The van der Waals surface area contributed by atoms with Crippen molar-refractivity contribution in [2.45, 2.75) is 37.8 Å². The van der Waals surface area contributed by atoms with Crippen LogP contribution in [0.3, 0.4) is 0 Å². The third-order valence-electron chi connectivity index (χ3n) is 2.96. The van der Waals surface area contributed by atoms with Gasteiger partial charge < -0.3 is 20.9 Å². The highest BCUT2D eigenvalue weighted by Gasteiger charge is 2.25. The summed E-state index contributed by atoms with van der Waals surface area (Å²) in [6, 6.07) is 0.147. The fraction of sp³-hybridized carbons (Fsp3) is 0.909. The Hall–Kier alpha value is -0.650.